The lowest BCUT2D eigenvalue weighted by Crippen LogP contribution is -2.20. The molecule has 16 heavy (non-hydrogen) atoms. The molecule has 2 atom stereocenters. The lowest BCUT2D eigenvalue weighted by atomic mass is 9.97. The fourth-order valence-electron chi connectivity index (χ4n) is 1.91. The van der Waals surface area contributed by atoms with Crippen LogP contribution in [0.3, 0.4) is 0 Å². The molecular weight excluding hydrogens is 268 g/mol. The van der Waals surface area contributed by atoms with Crippen LogP contribution in [0.5, 0.6) is 0 Å². The molecule has 0 aliphatic carbocycles. The summed E-state index contributed by atoms with van der Waals surface area (Å²) in [5.74, 6) is 0.266. The molecule has 1 aromatic heterocycles. The number of aliphatic hydroxyl groups is 1. The van der Waals surface area contributed by atoms with Crippen LogP contribution in [0.25, 0.3) is 0 Å². The SMILES string of the molecule is CCC(O)C(C)Cc1c(Br)c(C)nn1CC. The number of nitrogens with zero attached hydrogens (tertiary/aromatic N) is 2. The molecule has 1 aromatic rings. The van der Waals surface area contributed by atoms with E-state index in [2.05, 4.69) is 34.9 Å². The van der Waals surface area contributed by atoms with E-state index in [0.29, 0.717) is 0 Å². The zero-order valence-electron chi connectivity index (χ0n) is 10.5. The van der Waals surface area contributed by atoms with Crippen LogP contribution in [-0.4, -0.2) is 21.0 Å². The van der Waals surface area contributed by atoms with Crippen LogP contribution in [0.2, 0.25) is 0 Å². The summed E-state index contributed by atoms with van der Waals surface area (Å²) in [5, 5.41) is 14.3. The van der Waals surface area contributed by atoms with Crippen molar-refractivity contribution in [1.29, 1.82) is 0 Å². The van der Waals surface area contributed by atoms with Crippen molar-refractivity contribution < 1.29 is 5.11 Å². The molecule has 1 heterocycles. The number of hydrogen-bond acceptors (Lipinski definition) is 2. The number of halogens is 1. The number of aryl methyl sites for hydroxylation is 2. The van der Waals surface area contributed by atoms with Crippen molar-refractivity contribution in [2.45, 2.75) is 53.2 Å². The van der Waals surface area contributed by atoms with E-state index in [0.717, 1.165) is 29.6 Å². The van der Waals surface area contributed by atoms with Crippen LogP contribution in [0.1, 0.15) is 38.6 Å². The third kappa shape index (κ3) is 2.86. The Bertz CT molecular complexity index is 349. The summed E-state index contributed by atoms with van der Waals surface area (Å²) in [5.41, 5.74) is 2.22. The van der Waals surface area contributed by atoms with Gasteiger partial charge < -0.3 is 5.11 Å². The molecule has 1 N–H and O–H groups in total. The highest BCUT2D eigenvalue weighted by atomic mass is 79.9. The van der Waals surface area contributed by atoms with Crippen LogP contribution in [-0.2, 0) is 13.0 Å². The van der Waals surface area contributed by atoms with Gasteiger partial charge in [0.2, 0.25) is 0 Å². The number of hydrogen-bond donors (Lipinski definition) is 1. The average Bonchev–Trinajstić information content (AvgIpc) is 2.55. The van der Waals surface area contributed by atoms with Gasteiger partial charge in [0.15, 0.2) is 0 Å². The lowest BCUT2D eigenvalue weighted by Gasteiger charge is -2.17. The quantitative estimate of drug-likeness (QED) is 0.905. The Kier molecular flexibility index (Phi) is 4.99. The van der Waals surface area contributed by atoms with Crippen molar-refractivity contribution in [3.63, 3.8) is 0 Å². The van der Waals surface area contributed by atoms with Gasteiger partial charge in [-0.05, 0) is 48.5 Å². The fourth-order valence-corrected chi connectivity index (χ4v) is 2.35. The summed E-state index contributed by atoms with van der Waals surface area (Å²) in [4.78, 5) is 0. The lowest BCUT2D eigenvalue weighted by molar-refractivity contribution is 0.111. The minimum atomic E-state index is -0.229. The third-order valence-corrected chi connectivity index (χ3v) is 4.07. The van der Waals surface area contributed by atoms with Crippen molar-refractivity contribution in [2.24, 2.45) is 5.92 Å². The zero-order chi connectivity index (χ0) is 12.3. The molecule has 92 valence electrons. The molecule has 0 aliphatic heterocycles. The first-order valence-corrected chi connectivity index (χ1v) is 6.70. The molecule has 0 saturated carbocycles. The minimum Gasteiger partial charge on any atom is -0.393 e. The van der Waals surface area contributed by atoms with Gasteiger partial charge in [0.05, 0.1) is 22.0 Å². The van der Waals surface area contributed by atoms with Crippen LogP contribution in [0.4, 0.5) is 0 Å². The van der Waals surface area contributed by atoms with E-state index in [1.54, 1.807) is 0 Å². The van der Waals surface area contributed by atoms with Gasteiger partial charge in [0.1, 0.15) is 0 Å². The normalized spacial score (nSPS) is 15.1. The standard InChI is InChI=1S/C12H21BrN2O/c1-5-11(16)8(3)7-10-12(13)9(4)14-15(10)6-2/h8,11,16H,5-7H2,1-4H3. The Morgan fingerprint density at radius 3 is 2.56 bits per heavy atom. The maximum absolute atomic E-state index is 9.80. The molecule has 3 nitrogen and oxygen atoms in total. The van der Waals surface area contributed by atoms with E-state index >= 15 is 0 Å². The summed E-state index contributed by atoms with van der Waals surface area (Å²) in [6, 6.07) is 0. The summed E-state index contributed by atoms with van der Waals surface area (Å²) in [6.45, 7) is 9.06. The third-order valence-electron chi connectivity index (χ3n) is 3.04. The first-order valence-electron chi connectivity index (χ1n) is 5.91. The predicted molar refractivity (Wildman–Crippen MR) is 69.5 cm³/mol. The molecule has 2 unspecified atom stereocenters. The smallest absolute Gasteiger partial charge is 0.0738 e. The molecule has 0 fully saturated rings. The number of aromatic nitrogens is 2. The Labute approximate surface area is 106 Å². The van der Waals surface area contributed by atoms with Gasteiger partial charge in [-0.2, -0.15) is 5.10 Å². The summed E-state index contributed by atoms with van der Waals surface area (Å²) in [6.07, 6.45) is 1.44. The topological polar surface area (TPSA) is 38.1 Å². The minimum absolute atomic E-state index is 0.229. The van der Waals surface area contributed by atoms with Crippen molar-refractivity contribution in [2.75, 3.05) is 0 Å². The average molecular weight is 289 g/mol. The molecule has 0 aliphatic rings. The summed E-state index contributed by atoms with van der Waals surface area (Å²) < 4.78 is 3.10. The first-order chi connectivity index (χ1) is 7.51. The molecular formula is C12H21BrN2O. The van der Waals surface area contributed by atoms with Crippen LogP contribution >= 0.6 is 15.9 Å². The van der Waals surface area contributed by atoms with E-state index in [1.807, 2.05) is 18.5 Å². The molecule has 0 aromatic carbocycles. The van der Waals surface area contributed by atoms with Gasteiger partial charge in [-0.1, -0.05) is 13.8 Å². The molecule has 1 rings (SSSR count). The van der Waals surface area contributed by atoms with Crippen LogP contribution in [0.15, 0.2) is 4.47 Å². The molecule has 4 heteroatoms. The monoisotopic (exact) mass is 288 g/mol. The van der Waals surface area contributed by atoms with E-state index in [1.165, 1.54) is 5.69 Å². The zero-order valence-corrected chi connectivity index (χ0v) is 12.1. The van der Waals surface area contributed by atoms with Gasteiger partial charge in [-0.25, -0.2) is 0 Å². The highest BCUT2D eigenvalue weighted by Gasteiger charge is 2.18. The Hall–Kier alpha value is -0.350. The maximum atomic E-state index is 9.80. The van der Waals surface area contributed by atoms with E-state index in [9.17, 15) is 5.11 Å². The maximum Gasteiger partial charge on any atom is 0.0738 e. The van der Waals surface area contributed by atoms with Crippen LogP contribution < -0.4 is 0 Å². The molecule has 0 saturated heterocycles. The van der Waals surface area contributed by atoms with Gasteiger partial charge in [-0.3, -0.25) is 4.68 Å². The number of rotatable bonds is 5. The van der Waals surface area contributed by atoms with Crippen LogP contribution in [0, 0.1) is 12.8 Å². The second kappa shape index (κ2) is 5.82. The Morgan fingerprint density at radius 1 is 1.44 bits per heavy atom. The fraction of sp³-hybridized carbons (Fsp3) is 0.750. The summed E-state index contributed by atoms with van der Waals surface area (Å²) >= 11 is 3.58. The molecule has 0 radical (unpaired) electrons. The van der Waals surface area contributed by atoms with E-state index in [-0.39, 0.29) is 12.0 Å². The second-order valence-corrected chi connectivity index (χ2v) is 5.11. The second-order valence-electron chi connectivity index (χ2n) is 4.32. The molecule has 0 amide bonds. The Morgan fingerprint density at radius 2 is 2.06 bits per heavy atom. The predicted octanol–water partition coefficient (Wildman–Crippen LogP) is 2.92. The Balaban J connectivity index is 2.87. The van der Waals surface area contributed by atoms with Gasteiger partial charge in [-0.15, -0.1) is 0 Å². The highest BCUT2D eigenvalue weighted by Crippen LogP contribution is 2.25. The van der Waals surface area contributed by atoms with E-state index < -0.39 is 0 Å². The molecule has 0 bridgehead atoms. The number of aliphatic hydroxyl groups excluding tert-OH is 1. The van der Waals surface area contributed by atoms with Crippen molar-refractivity contribution in [3.8, 4) is 0 Å². The van der Waals surface area contributed by atoms with Gasteiger partial charge >= 0.3 is 0 Å². The van der Waals surface area contributed by atoms with Crippen molar-refractivity contribution in [1.82, 2.24) is 9.78 Å². The molecule has 0 spiro atoms. The van der Waals surface area contributed by atoms with Gasteiger partial charge in [0, 0.05) is 6.54 Å². The highest BCUT2D eigenvalue weighted by molar-refractivity contribution is 9.10. The van der Waals surface area contributed by atoms with Crippen molar-refractivity contribution in [3.05, 3.63) is 15.9 Å². The first kappa shape index (κ1) is 13.7. The largest absolute Gasteiger partial charge is 0.393 e. The van der Waals surface area contributed by atoms with E-state index in [4.69, 9.17) is 0 Å². The van der Waals surface area contributed by atoms with Crippen molar-refractivity contribution >= 4 is 15.9 Å². The van der Waals surface area contributed by atoms with Gasteiger partial charge in [0.25, 0.3) is 0 Å². The summed E-state index contributed by atoms with van der Waals surface area (Å²) in [7, 11) is 0.